The summed E-state index contributed by atoms with van der Waals surface area (Å²) in [6.07, 6.45) is 0. The first-order valence-corrected chi connectivity index (χ1v) is 9.61. The lowest BCUT2D eigenvalue weighted by Gasteiger charge is -2.11. The molecule has 0 unspecified atom stereocenters. The van der Waals surface area contributed by atoms with Gasteiger partial charge >= 0.3 is 0 Å². The first-order chi connectivity index (χ1) is 15.8. The lowest BCUT2D eigenvalue weighted by Crippen LogP contribution is -2.09. The van der Waals surface area contributed by atoms with E-state index in [4.69, 9.17) is 11.5 Å². The van der Waals surface area contributed by atoms with Crippen LogP contribution in [0, 0.1) is 80.8 Å². The second-order valence-electron chi connectivity index (χ2n) is 5.70. The van der Waals surface area contributed by atoms with Crippen molar-refractivity contribution in [3.05, 3.63) is 79.4 Å². The third-order valence-corrected chi connectivity index (χ3v) is 5.70. The van der Waals surface area contributed by atoms with Gasteiger partial charge in [-0.2, -0.15) is 10.5 Å². The second kappa shape index (κ2) is 10.2. The van der Waals surface area contributed by atoms with Gasteiger partial charge in [-0.3, -0.25) is 0 Å². The van der Waals surface area contributed by atoms with Gasteiger partial charge in [0.2, 0.25) is 11.6 Å². The van der Waals surface area contributed by atoms with Crippen LogP contribution >= 0.6 is 23.5 Å². The van der Waals surface area contributed by atoms with E-state index in [0.717, 1.165) is 0 Å². The number of hydrogen-bond donors (Lipinski definition) is 2. The zero-order valence-electron chi connectivity index (χ0n) is 15.6. The minimum absolute atomic E-state index is 0.382. The molecule has 0 bridgehead atoms. The maximum Gasteiger partial charge on any atom is 0.200 e. The molecular weight excluding hydrogens is 526 g/mol. The Kier molecular flexibility index (Phi) is 8.01. The number of nitrogens with zero attached hydrogens (tertiary/aromatic N) is 2. The molecule has 0 saturated carbocycles. The van der Waals surface area contributed by atoms with Crippen LogP contribution in [0.2, 0.25) is 0 Å². The smallest absolute Gasteiger partial charge is 0.200 e. The maximum atomic E-state index is 13.9. The van der Waals surface area contributed by atoms with Crippen LogP contribution in [0.3, 0.4) is 0 Å². The molecule has 0 aliphatic carbocycles. The Balaban J connectivity index is 2.64. The zero-order chi connectivity index (χ0) is 26.1. The Morgan fingerprint density at radius 1 is 0.471 bits per heavy atom. The summed E-state index contributed by atoms with van der Waals surface area (Å²) in [5.41, 5.74) is 8.78. The number of allylic oxidation sites excluding steroid dienone is 2. The Morgan fingerprint density at radius 2 is 0.676 bits per heavy atom. The SMILES string of the molecule is N#CC(=C(/N)Sc1c(F)c(F)c(F)c(F)c1F)/C(C#N)=C(\N)Sc1c(F)c(F)c(F)c(F)c1F. The third-order valence-electron chi connectivity index (χ3n) is 3.73. The van der Waals surface area contributed by atoms with E-state index < -0.39 is 89.2 Å². The van der Waals surface area contributed by atoms with Crippen LogP contribution in [-0.2, 0) is 0 Å². The number of benzene rings is 2. The van der Waals surface area contributed by atoms with Gasteiger partial charge in [0, 0.05) is 0 Å². The van der Waals surface area contributed by atoms with E-state index >= 15 is 0 Å². The van der Waals surface area contributed by atoms with Gasteiger partial charge in [0.1, 0.15) is 23.3 Å². The van der Waals surface area contributed by atoms with Crippen LogP contribution in [0.15, 0.2) is 31.0 Å². The highest BCUT2D eigenvalue weighted by molar-refractivity contribution is 8.03. The Hall–Kier alpha value is -3.50. The van der Waals surface area contributed by atoms with Crippen LogP contribution in [0.1, 0.15) is 0 Å². The van der Waals surface area contributed by atoms with Crippen LogP contribution < -0.4 is 11.5 Å². The minimum Gasteiger partial charge on any atom is -0.392 e. The average Bonchev–Trinajstić information content (AvgIpc) is 2.82. The number of thioether (sulfide) groups is 2. The van der Waals surface area contributed by atoms with Gasteiger partial charge in [0.15, 0.2) is 46.5 Å². The van der Waals surface area contributed by atoms with Gasteiger partial charge in [-0.05, 0) is 0 Å². The van der Waals surface area contributed by atoms with Gasteiger partial charge in [-0.15, -0.1) is 0 Å². The fourth-order valence-electron chi connectivity index (χ4n) is 2.14. The highest BCUT2D eigenvalue weighted by atomic mass is 32.2. The lowest BCUT2D eigenvalue weighted by atomic mass is 10.1. The maximum absolute atomic E-state index is 13.9. The summed E-state index contributed by atoms with van der Waals surface area (Å²) in [4.78, 5) is -3.13. The van der Waals surface area contributed by atoms with Crippen LogP contribution in [0.5, 0.6) is 0 Å². The molecule has 0 atom stereocenters. The van der Waals surface area contributed by atoms with Crippen molar-refractivity contribution in [3.63, 3.8) is 0 Å². The van der Waals surface area contributed by atoms with Crippen molar-refractivity contribution < 1.29 is 43.9 Å². The van der Waals surface area contributed by atoms with Crippen LogP contribution in [-0.4, -0.2) is 0 Å². The number of halogens is 10. The van der Waals surface area contributed by atoms with E-state index in [0.29, 0.717) is 0 Å². The third kappa shape index (κ3) is 4.59. The van der Waals surface area contributed by atoms with Gasteiger partial charge in [0.05, 0.1) is 19.8 Å². The van der Waals surface area contributed by atoms with Crippen molar-refractivity contribution in [1.82, 2.24) is 0 Å². The summed E-state index contributed by atoms with van der Waals surface area (Å²) in [6, 6.07) is 2.48. The molecule has 0 spiro atoms. The number of nitrogens with two attached hydrogens (primary N) is 2. The molecule has 0 aliphatic rings. The molecule has 34 heavy (non-hydrogen) atoms. The molecule has 0 heterocycles. The highest BCUT2D eigenvalue weighted by Crippen LogP contribution is 2.38. The summed E-state index contributed by atoms with van der Waals surface area (Å²) >= 11 is -0.765. The van der Waals surface area contributed by atoms with Crippen LogP contribution in [0.25, 0.3) is 0 Å². The predicted molar refractivity (Wildman–Crippen MR) is 97.8 cm³/mol. The minimum atomic E-state index is -2.48. The molecule has 4 N–H and O–H groups in total. The Bertz CT molecular complexity index is 1200. The Labute approximate surface area is 191 Å². The first-order valence-electron chi connectivity index (χ1n) is 7.98. The first kappa shape index (κ1) is 26.7. The van der Waals surface area contributed by atoms with E-state index in [2.05, 4.69) is 0 Å². The molecule has 2 rings (SSSR count). The topological polar surface area (TPSA) is 99.6 Å². The number of hydrogen-bond acceptors (Lipinski definition) is 6. The molecule has 0 amide bonds. The van der Waals surface area contributed by atoms with E-state index in [1.165, 1.54) is 12.1 Å². The van der Waals surface area contributed by atoms with Crippen molar-refractivity contribution in [2.24, 2.45) is 11.5 Å². The molecule has 0 fully saturated rings. The van der Waals surface area contributed by atoms with Gasteiger partial charge < -0.3 is 11.5 Å². The van der Waals surface area contributed by atoms with Crippen molar-refractivity contribution in [1.29, 1.82) is 10.5 Å². The average molecular weight is 530 g/mol. The van der Waals surface area contributed by atoms with E-state index in [9.17, 15) is 54.4 Å². The summed E-state index contributed by atoms with van der Waals surface area (Å²) < 4.78 is 135. The fourth-order valence-corrected chi connectivity index (χ4v) is 3.80. The highest BCUT2D eigenvalue weighted by Gasteiger charge is 2.29. The van der Waals surface area contributed by atoms with Crippen molar-refractivity contribution in [2.75, 3.05) is 0 Å². The molecular formula is C18H4F10N4S2. The normalized spacial score (nSPS) is 12.6. The lowest BCUT2D eigenvalue weighted by molar-refractivity contribution is 0.361. The second-order valence-corrected chi connectivity index (χ2v) is 7.81. The molecule has 178 valence electrons. The molecule has 0 saturated heterocycles. The molecule has 0 radical (unpaired) electrons. The largest absolute Gasteiger partial charge is 0.392 e. The Morgan fingerprint density at radius 3 is 0.882 bits per heavy atom. The molecule has 2 aromatic rings. The van der Waals surface area contributed by atoms with Gasteiger partial charge in [-0.25, -0.2) is 43.9 Å². The molecule has 16 heteroatoms. The fraction of sp³-hybridized carbons (Fsp3) is 0. The summed E-state index contributed by atoms with van der Waals surface area (Å²) in [5.74, 6) is -23.6. The van der Waals surface area contributed by atoms with Gasteiger partial charge in [-0.1, -0.05) is 23.5 Å². The van der Waals surface area contributed by atoms with Crippen LogP contribution in [0.4, 0.5) is 43.9 Å². The van der Waals surface area contributed by atoms with E-state index in [1.807, 2.05) is 0 Å². The van der Waals surface area contributed by atoms with E-state index in [1.54, 1.807) is 0 Å². The summed E-state index contributed by atoms with van der Waals surface area (Å²) in [5, 5.41) is 16.4. The predicted octanol–water partition coefficient (Wildman–Crippen LogP) is 5.35. The molecule has 0 aliphatic heterocycles. The summed E-state index contributed by atoms with van der Waals surface area (Å²) in [6.45, 7) is 0. The number of rotatable bonds is 5. The molecule has 0 aromatic heterocycles. The van der Waals surface area contributed by atoms with Gasteiger partial charge in [0.25, 0.3) is 0 Å². The zero-order valence-corrected chi connectivity index (χ0v) is 17.3. The number of nitriles is 2. The quantitative estimate of drug-likeness (QED) is 0.135. The monoisotopic (exact) mass is 530 g/mol. The van der Waals surface area contributed by atoms with Crippen molar-refractivity contribution >= 4 is 23.5 Å². The van der Waals surface area contributed by atoms with Crippen molar-refractivity contribution in [3.8, 4) is 12.1 Å². The van der Waals surface area contributed by atoms with Crippen molar-refractivity contribution in [2.45, 2.75) is 9.79 Å². The van der Waals surface area contributed by atoms with E-state index in [-0.39, 0.29) is 23.5 Å². The molecule has 2 aromatic carbocycles. The molecule has 4 nitrogen and oxygen atoms in total. The standard InChI is InChI=1S/C18H4F10N4S2/c19-5-7(21)11(25)15(12(26)8(5)22)33-17(31)3(1-29)4(2-30)18(32)34-16-13(27)9(23)6(20)10(24)14(16)28/h31-32H2/b17-3+,18-4+. The summed E-state index contributed by atoms with van der Waals surface area (Å²) in [7, 11) is 0.